The fraction of sp³-hybridized carbons (Fsp3) is 0.535. The Balaban J connectivity index is 0.000000179. The highest BCUT2D eigenvalue weighted by Gasteiger charge is 2.52. The number of alkyl halides is 3. The van der Waals surface area contributed by atoms with Crippen LogP contribution in [0, 0.1) is 11.8 Å². The number of amides is 2. The Morgan fingerprint density at radius 2 is 1.22 bits per heavy atom. The molecule has 344 valence electrons. The van der Waals surface area contributed by atoms with Gasteiger partial charge < -0.3 is 31.8 Å². The van der Waals surface area contributed by atoms with Crippen molar-refractivity contribution in [3.05, 3.63) is 85.3 Å². The van der Waals surface area contributed by atoms with Crippen molar-refractivity contribution < 1.29 is 54.1 Å². The van der Waals surface area contributed by atoms with E-state index in [0.29, 0.717) is 12.5 Å². The molecule has 4 aromatic heterocycles. The summed E-state index contributed by atoms with van der Waals surface area (Å²) in [5, 5.41) is 0. The summed E-state index contributed by atoms with van der Waals surface area (Å²) < 4.78 is 90.0. The van der Waals surface area contributed by atoms with Crippen LogP contribution in [0.15, 0.2) is 79.7 Å². The molecule has 7 rings (SSSR count). The number of carbonyl (C=O) groups is 2. The topological polar surface area (TPSA) is 156 Å². The van der Waals surface area contributed by atoms with Crippen molar-refractivity contribution in [1.29, 1.82) is 0 Å². The summed E-state index contributed by atoms with van der Waals surface area (Å²) in [6.07, 6.45) is 14.4. The fourth-order valence-corrected chi connectivity index (χ4v) is 6.88. The molecular weight excluding hydrogens is 844 g/mol. The standard InChI is InChI=1S/C18H23N3O2.C13H17BN2O2.C12H18F3NO5S/c1-13-5-8-16(21(10-13)17(22)23-18(2,3)4)14-6-7-15-9-19-12-20(15)11-14;1-12(2)13(3,4)18-14(17-12)10-5-6-11-7-15-9-16(11)8-10;1-8-5-6-9(21-22(18,19)12(13,14)15)16(7-8)10(17)20-11(2,3)4/h6-9,11-13H,5,10H2,1-4H3;5-9H,1-4H3;6,8H,5,7H2,1-4H3. The first-order valence-electron chi connectivity index (χ1n) is 20.6. The zero-order chi connectivity index (χ0) is 46.9. The Morgan fingerprint density at radius 3 is 1.75 bits per heavy atom. The molecule has 0 bridgehead atoms. The number of carbonyl (C=O) groups excluding carboxylic acids is 2. The molecule has 0 aromatic carbocycles. The van der Waals surface area contributed by atoms with Crippen LogP contribution < -0.4 is 5.46 Å². The van der Waals surface area contributed by atoms with Gasteiger partial charge in [-0.25, -0.2) is 24.5 Å². The van der Waals surface area contributed by atoms with Crippen LogP contribution >= 0.6 is 0 Å². The van der Waals surface area contributed by atoms with Crippen LogP contribution in [0.1, 0.15) is 101 Å². The molecule has 3 aliphatic heterocycles. The van der Waals surface area contributed by atoms with Gasteiger partial charge in [0, 0.05) is 31.0 Å². The highest BCUT2D eigenvalue weighted by molar-refractivity contribution is 7.87. The Kier molecular flexibility index (Phi) is 14.1. The summed E-state index contributed by atoms with van der Waals surface area (Å²) in [4.78, 5) is 35.4. The number of hydrogen-bond donors (Lipinski definition) is 0. The van der Waals surface area contributed by atoms with E-state index in [4.69, 9.17) is 18.8 Å². The Hall–Kier alpha value is -5.08. The Labute approximate surface area is 367 Å². The van der Waals surface area contributed by atoms with Gasteiger partial charge in [0.05, 0.1) is 53.0 Å². The van der Waals surface area contributed by atoms with E-state index < -0.39 is 38.8 Å². The summed E-state index contributed by atoms with van der Waals surface area (Å²) in [7, 11) is -6.16. The second-order valence-corrected chi connectivity index (χ2v) is 20.4. The predicted molar refractivity (Wildman–Crippen MR) is 232 cm³/mol. The average molecular weight is 903 g/mol. The molecule has 2 unspecified atom stereocenters. The van der Waals surface area contributed by atoms with E-state index in [1.165, 1.54) is 0 Å². The molecule has 2 atom stereocenters. The van der Waals surface area contributed by atoms with Crippen LogP contribution in [-0.4, -0.2) is 97.3 Å². The monoisotopic (exact) mass is 902 g/mol. The SMILES string of the molecule is CC1(C)OB(c2ccc3cncn3c2)OC1(C)C.CC1CC=C(OS(=O)(=O)C(F)(F)F)N(C(=O)OC(C)(C)C)C1.CC1CC=C(c2ccc3cncn3c2)N(C(=O)OC(C)(C)C)C1. The number of hydrogen-bond acceptors (Lipinski definition) is 11. The number of imidazole rings is 2. The lowest BCUT2D eigenvalue weighted by atomic mass is 9.80. The smallest absolute Gasteiger partial charge is 0.443 e. The number of fused-ring (bicyclic) bond motifs is 2. The molecule has 0 saturated carbocycles. The van der Waals surface area contributed by atoms with Gasteiger partial charge in [-0.2, -0.15) is 21.6 Å². The number of aromatic nitrogens is 4. The van der Waals surface area contributed by atoms with E-state index in [-0.39, 0.29) is 43.3 Å². The van der Waals surface area contributed by atoms with Crippen LogP contribution in [0.2, 0.25) is 0 Å². The average Bonchev–Trinajstić information content (AvgIpc) is 3.87. The maximum atomic E-state index is 12.6. The van der Waals surface area contributed by atoms with Gasteiger partial charge >= 0.3 is 34.9 Å². The third-order valence-corrected chi connectivity index (χ3v) is 11.3. The van der Waals surface area contributed by atoms with Crippen molar-refractivity contribution in [3.8, 4) is 0 Å². The van der Waals surface area contributed by atoms with E-state index in [0.717, 1.165) is 45.2 Å². The highest BCUT2D eigenvalue weighted by Crippen LogP contribution is 2.37. The summed E-state index contributed by atoms with van der Waals surface area (Å²) in [5.74, 6) is -0.346. The van der Waals surface area contributed by atoms with Crippen molar-refractivity contribution in [2.75, 3.05) is 13.1 Å². The van der Waals surface area contributed by atoms with E-state index >= 15 is 0 Å². The van der Waals surface area contributed by atoms with E-state index in [1.807, 2.05) is 78.6 Å². The molecule has 15 nitrogen and oxygen atoms in total. The molecule has 0 radical (unpaired) electrons. The molecule has 4 aromatic rings. The molecule has 0 spiro atoms. The van der Waals surface area contributed by atoms with Crippen molar-refractivity contribution in [2.24, 2.45) is 11.8 Å². The highest BCUT2D eigenvalue weighted by atomic mass is 32.2. The van der Waals surface area contributed by atoms with Crippen molar-refractivity contribution in [3.63, 3.8) is 0 Å². The first-order valence-corrected chi connectivity index (χ1v) is 22.0. The van der Waals surface area contributed by atoms with E-state index in [2.05, 4.69) is 54.8 Å². The van der Waals surface area contributed by atoms with E-state index in [9.17, 15) is 31.2 Å². The van der Waals surface area contributed by atoms with Gasteiger partial charge in [0.2, 0.25) is 5.88 Å². The van der Waals surface area contributed by atoms with Crippen molar-refractivity contribution in [2.45, 2.75) is 124 Å². The Morgan fingerprint density at radius 1 is 0.746 bits per heavy atom. The lowest BCUT2D eigenvalue weighted by Crippen LogP contribution is -2.42. The second kappa shape index (κ2) is 18.2. The van der Waals surface area contributed by atoms with Gasteiger partial charge in [-0.05, 0) is 124 Å². The maximum Gasteiger partial charge on any atom is 0.534 e. The lowest BCUT2D eigenvalue weighted by molar-refractivity contribution is -0.0546. The normalized spacial score (nSPS) is 20.2. The van der Waals surface area contributed by atoms with Gasteiger partial charge in [-0.15, -0.1) is 0 Å². The largest absolute Gasteiger partial charge is 0.534 e. The third kappa shape index (κ3) is 12.3. The molecule has 0 N–H and O–H groups in total. The maximum absolute atomic E-state index is 12.6. The minimum absolute atomic E-state index is 0.00583. The molecule has 63 heavy (non-hydrogen) atoms. The summed E-state index contributed by atoms with van der Waals surface area (Å²) >= 11 is 0. The molecule has 0 aliphatic carbocycles. The van der Waals surface area contributed by atoms with Gasteiger partial charge in [0.1, 0.15) is 11.2 Å². The van der Waals surface area contributed by atoms with E-state index in [1.54, 1.807) is 45.2 Å². The molecule has 2 amide bonds. The number of rotatable bonds is 4. The summed E-state index contributed by atoms with van der Waals surface area (Å²) in [6, 6.07) is 8.08. The summed E-state index contributed by atoms with van der Waals surface area (Å²) in [5.41, 5.74) is -2.55. The van der Waals surface area contributed by atoms with Crippen LogP contribution in [0.5, 0.6) is 0 Å². The molecule has 1 saturated heterocycles. The minimum Gasteiger partial charge on any atom is -0.443 e. The lowest BCUT2D eigenvalue weighted by Gasteiger charge is -2.33. The van der Waals surface area contributed by atoms with Crippen LogP contribution in [0.4, 0.5) is 22.8 Å². The van der Waals surface area contributed by atoms with Gasteiger partial charge in [-0.1, -0.05) is 26.0 Å². The number of halogens is 3. The van der Waals surface area contributed by atoms with Gasteiger partial charge in [0.15, 0.2) is 0 Å². The van der Waals surface area contributed by atoms with Crippen LogP contribution in [0.25, 0.3) is 16.7 Å². The molecule has 7 heterocycles. The zero-order valence-corrected chi connectivity index (χ0v) is 38.7. The predicted octanol–water partition coefficient (Wildman–Crippen LogP) is 8.56. The molecule has 1 fully saturated rings. The van der Waals surface area contributed by atoms with Gasteiger partial charge in [-0.3, -0.25) is 4.90 Å². The zero-order valence-electron chi connectivity index (χ0n) is 37.9. The number of allylic oxidation sites excluding steroid dienone is 2. The molecule has 20 heteroatoms. The first-order chi connectivity index (χ1) is 29.0. The number of pyridine rings is 2. The van der Waals surface area contributed by atoms with Crippen LogP contribution in [0.3, 0.4) is 0 Å². The molecular formula is C43H58BF3N6O9S. The molecule has 3 aliphatic rings. The number of nitrogens with zero attached hydrogens (tertiary/aromatic N) is 6. The fourth-order valence-electron chi connectivity index (χ4n) is 6.41. The summed E-state index contributed by atoms with van der Waals surface area (Å²) in [6.45, 7) is 23.2. The number of ether oxygens (including phenoxy) is 2. The van der Waals surface area contributed by atoms with Gasteiger partial charge in [0.25, 0.3) is 0 Å². The second-order valence-electron chi connectivity index (χ2n) is 18.9. The quantitative estimate of drug-likeness (QED) is 0.110. The van der Waals surface area contributed by atoms with Crippen LogP contribution in [-0.2, 0) is 33.1 Å². The third-order valence-electron chi connectivity index (χ3n) is 10.3. The Bertz CT molecular complexity index is 2440. The first kappa shape index (κ1) is 48.9. The minimum atomic E-state index is -5.84. The van der Waals surface area contributed by atoms with Crippen molar-refractivity contribution in [1.82, 2.24) is 28.6 Å². The van der Waals surface area contributed by atoms with Crippen molar-refractivity contribution >= 4 is 51.6 Å².